The third-order valence-electron chi connectivity index (χ3n) is 3.58. The van der Waals surface area contributed by atoms with Crippen LogP contribution in [0.15, 0.2) is 36.4 Å². The molecule has 2 atom stereocenters. The van der Waals surface area contributed by atoms with Gasteiger partial charge in [0.15, 0.2) is 0 Å². The Bertz CT molecular complexity index is 563. The first kappa shape index (κ1) is 12.1. The molecule has 3 rings (SSSR count). The van der Waals surface area contributed by atoms with Crippen molar-refractivity contribution in [3.05, 3.63) is 47.8 Å². The molecule has 3 heteroatoms. The predicted molar refractivity (Wildman–Crippen MR) is 74.5 cm³/mol. The Hall–Kier alpha value is -0.930. The first-order valence-corrected chi connectivity index (χ1v) is 7.08. The third-order valence-corrected chi connectivity index (χ3v) is 4.82. The van der Waals surface area contributed by atoms with Crippen LogP contribution in [0.1, 0.15) is 16.8 Å². The molecule has 1 saturated heterocycles. The highest BCUT2D eigenvalue weighted by Crippen LogP contribution is 2.39. The second-order valence-electron chi connectivity index (χ2n) is 4.71. The van der Waals surface area contributed by atoms with Crippen molar-refractivity contribution in [1.29, 1.82) is 0 Å². The highest BCUT2D eigenvalue weighted by Gasteiger charge is 2.26. The molecular formula is C15H14BrFO. The largest absolute Gasteiger partial charge is 0.381 e. The average molecular weight is 309 g/mol. The lowest BCUT2D eigenvalue weighted by Crippen LogP contribution is -2.07. The molecule has 0 bridgehead atoms. The molecule has 0 aromatic heterocycles. The molecule has 0 aliphatic carbocycles. The van der Waals surface area contributed by atoms with Gasteiger partial charge in [-0.2, -0.15) is 0 Å². The number of hydrogen-bond donors (Lipinski definition) is 0. The highest BCUT2D eigenvalue weighted by molar-refractivity contribution is 9.09. The summed E-state index contributed by atoms with van der Waals surface area (Å²) < 4.78 is 19.2. The van der Waals surface area contributed by atoms with Crippen LogP contribution in [0.2, 0.25) is 0 Å². The molecule has 0 spiro atoms. The van der Waals surface area contributed by atoms with E-state index in [-0.39, 0.29) is 10.6 Å². The smallest absolute Gasteiger partial charge is 0.131 e. The lowest BCUT2D eigenvalue weighted by molar-refractivity contribution is 0.185. The van der Waals surface area contributed by atoms with Gasteiger partial charge in [0.1, 0.15) is 5.82 Å². The second-order valence-corrected chi connectivity index (χ2v) is 5.69. The molecule has 0 saturated carbocycles. The van der Waals surface area contributed by atoms with E-state index in [1.807, 2.05) is 30.3 Å². The Labute approximate surface area is 114 Å². The maximum Gasteiger partial charge on any atom is 0.131 e. The van der Waals surface area contributed by atoms with Crippen molar-refractivity contribution in [3.8, 4) is 0 Å². The van der Waals surface area contributed by atoms with E-state index in [2.05, 4.69) is 15.9 Å². The van der Waals surface area contributed by atoms with Crippen molar-refractivity contribution in [1.82, 2.24) is 0 Å². The highest BCUT2D eigenvalue weighted by atomic mass is 79.9. The fourth-order valence-corrected chi connectivity index (χ4v) is 3.38. The topological polar surface area (TPSA) is 9.23 Å². The number of ether oxygens (including phenoxy) is 1. The average Bonchev–Trinajstić information content (AvgIpc) is 2.93. The summed E-state index contributed by atoms with van der Waals surface area (Å²) in [6.45, 7) is 1.60. The van der Waals surface area contributed by atoms with Crippen LogP contribution < -0.4 is 0 Å². The van der Waals surface area contributed by atoms with Crippen molar-refractivity contribution in [2.24, 2.45) is 5.92 Å². The summed E-state index contributed by atoms with van der Waals surface area (Å²) in [5, 5.41) is 1.68. The Morgan fingerprint density at radius 3 is 2.67 bits per heavy atom. The molecule has 2 aromatic carbocycles. The molecule has 2 aromatic rings. The summed E-state index contributed by atoms with van der Waals surface area (Å²) in [6, 6.07) is 11.1. The lowest BCUT2D eigenvalue weighted by Gasteiger charge is -2.18. The van der Waals surface area contributed by atoms with Gasteiger partial charge in [0.25, 0.3) is 0 Å². The zero-order chi connectivity index (χ0) is 12.5. The van der Waals surface area contributed by atoms with Crippen LogP contribution in [-0.4, -0.2) is 13.2 Å². The summed E-state index contributed by atoms with van der Waals surface area (Å²) in [7, 11) is 0. The third kappa shape index (κ3) is 2.06. The van der Waals surface area contributed by atoms with Crippen molar-refractivity contribution in [2.75, 3.05) is 13.2 Å². The van der Waals surface area contributed by atoms with Crippen molar-refractivity contribution in [3.63, 3.8) is 0 Å². The lowest BCUT2D eigenvalue weighted by atomic mass is 9.94. The van der Waals surface area contributed by atoms with Crippen LogP contribution in [0.4, 0.5) is 4.39 Å². The SMILES string of the molecule is Fc1ccc(C(Br)C2CCOC2)c2ccccc12. The van der Waals surface area contributed by atoms with Gasteiger partial charge in [0.05, 0.1) is 6.61 Å². The second kappa shape index (κ2) is 4.98. The maximum absolute atomic E-state index is 13.8. The van der Waals surface area contributed by atoms with E-state index in [0.29, 0.717) is 11.3 Å². The fourth-order valence-electron chi connectivity index (χ4n) is 2.56. The van der Waals surface area contributed by atoms with E-state index in [1.165, 1.54) is 0 Å². The van der Waals surface area contributed by atoms with Gasteiger partial charge < -0.3 is 4.74 Å². The van der Waals surface area contributed by atoms with Crippen LogP contribution in [0.5, 0.6) is 0 Å². The first-order chi connectivity index (χ1) is 8.77. The van der Waals surface area contributed by atoms with E-state index >= 15 is 0 Å². The van der Waals surface area contributed by atoms with Gasteiger partial charge in [0, 0.05) is 22.7 Å². The van der Waals surface area contributed by atoms with Gasteiger partial charge in [-0.3, -0.25) is 0 Å². The number of fused-ring (bicyclic) bond motifs is 1. The number of alkyl halides is 1. The Morgan fingerprint density at radius 2 is 1.94 bits per heavy atom. The van der Waals surface area contributed by atoms with Crippen LogP contribution in [0, 0.1) is 11.7 Å². The van der Waals surface area contributed by atoms with Gasteiger partial charge in [0.2, 0.25) is 0 Å². The molecule has 1 aliphatic heterocycles. The maximum atomic E-state index is 13.8. The quantitative estimate of drug-likeness (QED) is 0.745. The Kier molecular flexibility index (Phi) is 3.35. The molecule has 2 unspecified atom stereocenters. The van der Waals surface area contributed by atoms with Crippen LogP contribution in [-0.2, 0) is 4.74 Å². The summed E-state index contributed by atoms with van der Waals surface area (Å²) in [6.07, 6.45) is 1.06. The molecule has 1 nitrogen and oxygen atoms in total. The van der Waals surface area contributed by atoms with Gasteiger partial charge >= 0.3 is 0 Å². The normalized spacial score (nSPS) is 21.3. The Morgan fingerprint density at radius 1 is 1.17 bits per heavy atom. The summed E-state index contributed by atoms with van der Waals surface area (Å²) in [4.78, 5) is 0.227. The molecule has 1 aliphatic rings. The fraction of sp³-hybridized carbons (Fsp3) is 0.333. The van der Waals surface area contributed by atoms with E-state index in [1.54, 1.807) is 6.07 Å². The predicted octanol–water partition coefficient (Wildman–Crippen LogP) is 4.45. The Balaban J connectivity index is 2.08. The van der Waals surface area contributed by atoms with Gasteiger partial charge in [-0.05, 0) is 23.4 Å². The zero-order valence-corrected chi connectivity index (χ0v) is 11.5. The molecule has 0 radical (unpaired) electrons. The van der Waals surface area contributed by atoms with Crippen LogP contribution in [0.3, 0.4) is 0 Å². The van der Waals surface area contributed by atoms with Crippen molar-refractivity contribution >= 4 is 26.7 Å². The first-order valence-electron chi connectivity index (χ1n) is 6.16. The standard InChI is InChI=1S/C15H14BrFO/c16-15(10-7-8-18-9-10)13-5-6-14(17)12-4-2-1-3-11(12)13/h1-6,10,15H,7-9H2. The van der Waals surface area contributed by atoms with Crippen molar-refractivity contribution in [2.45, 2.75) is 11.2 Å². The minimum atomic E-state index is -0.156. The molecule has 0 amide bonds. The number of benzene rings is 2. The molecular weight excluding hydrogens is 295 g/mol. The number of halogens is 2. The van der Waals surface area contributed by atoms with E-state index < -0.39 is 0 Å². The van der Waals surface area contributed by atoms with E-state index in [4.69, 9.17) is 4.74 Å². The number of rotatable bonds is 2. The monoisotopic (exact) mass is 308 g/mol. The summed E-state index contributed by atoms with van der Waals surface area (Å²) in [5.41, 5.74) is 1.16. The number of hydrogen-bond acceptors (Lipinski definition) is 1. The molecule has 0 N–H and O–H groups in total. The van der Waals surface area contributed by atoms with Gasteiger partial charge in [-0.25, -0.2) is 4.39 Å². The minimum Gasteiger partial charge on any atom is -0.381 e. The van der Waals surface area contributed by atoms with E-state index in [9.17, 15) is 4.39 Å². The molecule has 1 fully saturated rings. The zero-order valence-electron chi connectivity index (χ0n) is 9.90. The minimum absolute atomic E-state index is 0.156. The van der Waals surface area contributed by atoms with Crippen LogP contribution in [0.25, 0.3) is 10.8 Å². The summed E-state index contributed by atoms with van der Waals surface area (Å²) >= 11 is 3.76. The van der Waals surface area contributed by atoms with Crippen LogP contribution >= 0.6 is 15.9 Å². The van der Waals surface area contributed by atoms with Crippen molar-refractivity contribution < 1.29 is 9.13 Å². The molecule has 94 valence electrons. The molecule has 18 heavy (non-hydrogen) atoms. The van der Waals surface area contributed by atoms with Gasteiger partial charge in [-0.15, -0.1) is 0 Å². The van der Waals surface area contributed by atoms with Gasteiger partial charge in [-0.1, -0.05) is 46.3 Å². The van der Waals surface area contributed by atoms with E-state index in [0.717, 1.165) is 30.6 Å². The summed E-state index contributed by atoms with van der Waals surface area (Å²) in [5.74, 6) is 0.315. The molecule has 1 heterocycles.